The molecular formula is C10H11NO4. The minimum atomic E-state index is -0.988. The van der Waals surface area contributed by atoms with Gasteiger partial charge in [-0.1, -0.05) is 0 Å². The predicted octanol–water partition coefficient (Wildman–Crippen LogP) is 1.84. The molecule has 1 rings (SSSR count). The molecule has 0 fully saturated rings. The zero-order chi connectivity index (χ0) is 11.6. The molecule has 0 saturated heterocycles. The van der Waals surface area contributed by atoms with Crippen molar-refractivity contribution < 1.29 is 14.8 Å². The lowest BCUT2D eigenvalue weighted by molar-refractivity contribution is -0.385. The summed E-state index contributed by atoms with van der Waals surface area (Å²) in [4.78, 5) is 20.6. The van der Waals surface area contributed by atoms with Crippen LogP contribution in [-0.2, 0) is 11.2 Å². The Morgan fingerprint density at radius 1 is 1.47 bits per heavy atom. The van der Waals surface area contributed by atoms with E-state index in [1.54, 1.807) is 13.8 Å². The Kier molecular flexibility index (Phi) is 3.04. The summed E-state index contributed by atoms with van der Waals surface area (Å²) in [6, 6.07) is 2.76. The van der Waals surface area contributed by atoms with Crippen LogP contribution in [0.4, 0.5) is 5.69 Å². The van der Waals surface area contributed by atoms with Gasteiger partial charge in [-0.3, -0.25) is 14.9 Å². The van der Waals surface area contributed by atoms with Gasteiger partial charge in [-0.05, 0) is 30.5 Å². The lowest BCUT2D eigenvalue weighted by Crippen LogP contribution is -2.04. The number of nitrogens with zero attached hydrogens (tertiary/aromatic N) is 1. The third-order valence-electron chi connectivity index (χ3n) is 2.31. The molecule has 0 unspecified atom stereocenters. The lowest BCUT2D eigenvalue weighted by Gasteiger charge is -2.06. The summed E-state index contributed by atoms with van der Waals surface area (Å²) < 4.78 is 0. The minimum Gasteiger partial charge on any atom is -0.481 e. The van der Waals surface area contributed by atoms with Gasteiger partial charge < -0.3 is 5.11 Å². The average Bonchev–Trinajstić information content (AvgIpc) is 2.11. The van der Waals surface area contributed by atoms with Crippen molar-refractivity contribution in [1.29, 1.82) is 0 Å². The van der Waals surface area contributed by atoms with Crippen LogP contribution in [0.3, 0.4) is 0 Å². The Labute approximate surface area is 86.5 Å². The van der Waals surface area contributed by atoms with Crippen molar-refractivity contribution in [2.75, 3.05) is 0 Å². The first kappa shape index (κ1) is 11.2. The van der Waals surface area contributed by atoms with Gasteiger partial charge in [0.05, 0.1) is 11.3 Å². The Bertz CT molecular complexity index is 426. The topological polar surface area (TPSA) is 80.4 Å². The van der Waals surface area contributed by atoms with Gasteiger partial charge in [-0.15, -0.1) is 0 Å². The molecule has 1 aromatic rings. The second-order valence-corrected chi connectivity index (χ2v) is 3.37. The first-order valence-electron chi connectivity index (χ1n) is 4.38. The van der Waals surface area contributed by atoms with E-state index in [1.165, 1.54) is 12.1 Å². The van der Waals surface area contributed by atoms with E-state index in [4.69, 9.17) is 5.11 Å². The molecule has 0 aliphatic rings. The van der Waals surface area contributed by atoms with Crippen molar-refractivity contribution in [2.45, 2.75) is 20.3 Å². The van der Waals surface area contributed by atoms with Crippen molar-refractivity contribution in [3.8, 4) is 0 Å². The van der Waals surface area contributed by atoms with Gasteiger partial charge in [0.25, 0.3) is 5.69 Å². The minimum absolute atomic E-state index is 0.0608. The fraction of sp³-hybridized carbons (Fsp3) is 0.300. The van der Waals surface area contributed by atoms with E-state index in [-0.39, 0.29) is 12.1 Å². The van der Waals surface area contributed by atoms with E-state index in [0.29, 0.717) is 5.56 Å². The van der Waals surface area contributed by atoms with Gasteiger partial charge in [-0.25, -0.2) is 0 Å². The molecule has 0 amide bonds. The molecule has 0 bridgehead atoms. The predicted molar refractivity (Wildman–Crippen MR) is 53.9 cm³/mol. The SMILES string of the molecule is Cc1cc([N+](=O)[O-])cc(CC(=O)O)c1C. The summed E-state index contributed by atoms with van der Waals surface area (Å²) in [5, 5.41) is 19.2. The monoisotopic (exact) mass is 209 g/mol. The summed E-state index contributed by atoms with van der Waals surface area (Å²) in [7, 11) is 0. The number of aliphatic carboxylic acids is 1. The van der Waals surface area contributed by atoms with Gasteiger partial charge in [0.1, 0.15) is 0 Å². The Balaban J connectivity index is 3.24. The largest absolute Gasteiger partial charge is 0.481 e. The molecule has 0 aliphatic carbocycles. The fourth-order valence-corrected chi connectivity index (χ4v) is 1.36. The van der Waals surface area contributed by atoms with E-state index >= 15 is 0 Å². The maximum Gasteiger partial charge on any atom is 0.307 e. The standard InChI is InChI=1S/C10H11NO4/c1-6-3-9(11(14)15)4-8(7(6)2)5-10(12)13/h3-4H,5H2,1-2H3,(H,12,13). The van der Waals surface area contributed by atoms with Gasteiger partial charge in [0.15, 0.2) is 0 Å². The number of carbonyl (C=O) groups is 1. The molecule has 0 spiro atoms. The molecule has 5 heteroatoms. The van der Waals surface area contributed by atoms with E-state index in [1.807, 2.05) is 0 Å². The molecule has 0 aliphatic heterocycles. The summed E-state index contributed by atoms with van der Waals surface area (Å²) in [5.41, 5.74) is 1.96. The third kappa shape index (κ3) is 2.52. The third-order valence-corrected chi connectivity index (χ3v) is 2.31. The molecule has 15 heavy (non-hydrogen) atoms. The van der Waals surface area contributed by atoms with E-state index < -0.39 is 10.9 Å². The Hall–Kier alpha value is -1.91. The smallest absolute Gasteiger partial charge is 0.307 e. The van der Waals surface area contributed by atoms with Crippen molar-refractivity contribution in [1.82, 2.24) is 0 Å². The summed E-state index contributed by atoms with van der Waals surface area (Å²) in [6.07, 6.45) is -0.186. The summed E-state index contributed by atoms with van der Waals surface area (Å²) in [5.74, 6) is -0.988. The van der Waals surface area contributed by atoms with Crippen LogP contribution >= 0.6 is 0 Å². The highest BCUT2D eigenvalue weighted by atomic mass is 16.6. The molecule has 0 radical (unpaired) electrons. The molecule has 0 atom stereocenters. The number of non-ortho nitro benzene ring substituents is 1. The maximum absolute atomic E-state index is 10.6. The number of rotatable bonds is 3. The number of hydrogen-bond acceptors (Lipinski definition) is 3. The first-order chi connectivity index (χ1) is 6.91. The molecule has 1 aromatic carbocycles. The second kappa shape index (κ2) is 4.08. The first-order valence-corrected chi connectivity index (χ1v) is 4.38. The Morgan fingerprint density at radius 2 is 2.07 bits per heavy atom. The number of aryl methyl sites for hydroxylation is 1. The highest BCUT2D eigenvalue weighted by Gasteiger charge is 2.13. The normalized spacial score (nSPS) is 10.0. The number of carboxylic acid groups (broad SMARTS) is 1. The number of benzene rings is 1. The van der Waals surface area contributed by atoms with Crippen LogP contribution in [0.25, 0.3) is 0 Å². The van der Waals surface area contributed by atoms with Crippen LogP contribution in [0.2, 0.25) is 0 Å². The number of carboxylic acids is 1. The van der Waals surface area contributed by atoms with Gasteiger partial charge in [-0.2, -0.15) is 0 Å². The second-order valence-electron chi connectivity index (χ2n) is 3.37. The van der Waals surface area contributed by atoms with Crippen molar-refractivity contribution in [3.05, 3.63) is 38.9 Å². The van der Waals surface area contributed by atoms with Crippen LogP contribution in [-0.4, -0.2) is 16.0 Å². The number of hydrogen-bond donors (Lipinski definition) is 1. The highest BCUT2D eigenvalue weighted by molar-refractivity contribution is 5.71. The van der Waals surface area contributed by atoms with Crippen LogP contribution in [0.1, 0.15) is 16.7 Å². The lowest BCUT2D eigenvalue weighted by atomic mass is 10.00. The molecular weight excluding hydrogens is 198 g/mol. The summed E-state index contributed by atoms with van der Waals surface area (Å²) in [6.45, 7) is 3.49. The summed E-state index contributed by atoms with van der Waals surface area (Å²) >= 11 is 0. The van der Waals surface area contributed by atoms with Gasteiger partial charge in [0, 0.05) is 12.1 Å². The van der Waals surface area contributed by atoms with Gasteiger partial charge in [0.2, 0.25) is 0 Å². The zero-order valence-electron chi connectivity index (χ0n) is 8.48. The molecule has 80 valence electrons. The molecule has 5 nitrogen and oxygen atoms in total. The van der Waals surface area contributed by atoms with Crippen molar-refractivity contribution >= 4 is 11.7 Å². The van der Waals surface area contributed by atoms with E-state index in [2.05, 4.69) is 0 Å². The van der Waals surface area contributed by atoms with Crippen molar-refractivity contribution in [2.24, 2.45) is 0 Å². The highest BCUT2D eigenvalue weighted by Crippen LogP contribution is 2.21. The number of nitro benzene ring substituents is 1. The van der Waals surface area contributed by atoms with Crippen molar-refractivity contribution in [3.63, 3.8) is 0 Å². The van der Waals surface area contributed by atoms with Crippen LogP contribution in [0.5, 0.6) is 0 Å². The average molecular weight is 209 g/mol. The zero-order valence-corrected chi connectivity index (χ0v) is 8.48. The Morgan fingerprint density at radius 3 is 2.53 bits per heavy atom. The molecule has 0 aromatic heterocycles. The van der Waals surface area contributed by atoms with Crippen LogP contribution in [0, 0.1) is 24.0 Å². The quantitative estimate of drug-likeness (QED) is 0.608. The molecule has 0 saturated carbocycles. The number of nitro groups is 1. The fourth-order valence-electron chi connectivity index (χ4n) is 1.36. The maximum atomic E-state index is 10.6. The molecule has 1 N–H and O–H groups in total. The van der Waals surface area contributed by atoms with E-state index in [9.17, 15) is 14.9 Å². The van der Waals surface area contributed by atoms with Gasteiger partial charge >= 0.3 is 5.97 Å². The van der Waals surface area contributed by atoms with E-state index in [0.717, 1.165) is 11.1 Å². The van der Waals surface area contributed by atoms with Crippen LogP contribution < -0.4 is 0 Å². The van der Waals surface area contributed by atoms with Crippen LogP contribution in [0.15, 0.2) is 12.1 Å². The molecule has 0 heterocycles.